The molecule has 1 aromatic carbocycles. The van der Waals surface area contributed by atoms with Crippen molar-refractivity contribution in [1.29, 1.82) is 0 Å². The number of Topliss-reactive ketones (excluding diaryl/α,β-unsaturated/α-hetero) is 1. The molecule has 14 heavy (non-hydrogen) atoms. The highest BCUT2D eigenvalue weighted by Crippen LogP contribution is 2.33. The fourth-order valence-corrected chi connectivity index (χ4v) is 1.47. The van der Waals surface area contributed by atoms with Gasteiger partial charge in [0.15, 0.2) is 5.82 Å². The average Bonchev–Trinajstić information content (AvgIpc) is 2.31. The van der Waals surface area contributed by atoms with Gasteiger partial charge in [0, 0.05) is 13.1 Å². The minimum absolute atomic E-state index is 0.0715. The summed E-state index contributed by atoms with van der Waals surface area (Å²) >= 11 is 0. The normalized spacial score (nSPS) is 14.9. The van der Waals surface area contributed by atoms with Crippen LogP contribution in [0.5, 0.6) is 5.75 Å². The van der Waals surface area contributed by atoms with Crippen LogP contribution in [-0.2, 0) is 4.79 Å². The maximum atomic E-state index is 13.2. The molecule has 0 fully saturated rings. The maximum absolute atomic E-state index is 13.2. The van der Waals surface area contributed by atoms with E-state index in [1.165, 1.54) is 7.05 Å². The number of fused-ring (bicyclic) bond motifs is 1. The Morgan fingerprint density at radius 2 is 2.00 bits per heavy atom. The van der Waals surface area contributed by atoms with E-state index in [1.54, 1.807) is 0 Å². The van der Waals surface area contributed by atoms with Gasteiger partial charge in [-0.1, -0.05) is 0 Å². The molecule has 0 radical (unpaired) electrons. The number of benzene rings is 1. The number of phenolic OH excluding ortho intramolecular Hbond substituents is 1. The number of ketones is 1. The van der Waals surface area contributed by atoms with Crippen molar-refractivity contribution >= 4 is 17.4 Å². The molecule has 1 aliphatic rings. The lowest BCUT2D eigenvalue weighted by Gasteiger charge is -2.09. The van der Waals surface area contributed by atoms with E-state index in [-0.39, 0.29) is 17.0 Å². The fourth-order valence-electron chi connectivity index (χ4n) is 1.47. The second-order valence-electron chi connectivity index (χ2n) is 3.02. The number of nitrogens with zero attached hydrogens (tertiary/aromatic N) is 1. The van der Waals surface area contributed by atoms with Gasteiger partial charge in [0.2, 0.25) is 0 Å². The predicted molar refractivity (Wildman–Crippen MR) is 45.8 cm³/mol. The molecule has 1 N–H and O–H groups in total. The minimum atomic E-state index is -0.794. The van der Waals surface area contributed by atoms with Crippen LogP contribution in [0.3, 0.4) is 0 Å². The van der Waals surface area contributed by atoms with Crippen LogP contribution >= 0.6 is 0 Å². The second-order valence-corrected chi connectivity index (χ2v) is 3.02. The van der Waals surface area contributed by atoms with Gasteiger partial charge >= 0.3 is 0 Å². The molecular weight excluding hydrogens is 189 g/mol. The van der Waals surface area contributed by atoms with Crippen molar-refractivity contribution in [1.82, 2.24) is 0 Å². The Bertz CT molecular complexity index is 456. The van der Waals surface area contributed by atoms with Crippen molar-refractivity contribution in [3.8, 4) is 5.75 Å². The molecule has 0 aliphatic carbocycles. The summed E-state index contributed by atoms with van der Waals surface area (Å²) in [6.45, 7) is 0. The SMILES string of the molecule is CN1C(=O)C(=O)c2cc(O)cc(F)c21. The van der Waals surface area contributed by atoms with Crippen molar-refractivity contribution in [3.05, 3.63) is 23.5 Å². The molecule has 0 bridgehead atoms. The standard InChI is InChI=1S/C9H6FNO3/c1-11-7-5(8(13)9(11)14)2-4(12)3-6(7)10/h2-3,12H,1H3. The molecule has 1 aromatic rings. The Kier molecular flexibility index (Phi) is 1.57. The first-order chi connectivity index (χ1) is 6.52. The summed E-state index contributed by atoms with van der Waals surface area (Å²) in [7, 11) is 1.31. The number of carbonyl (C=O) groups is 2. The summed E-state index contributed by atoms with van der Waals surface area (Å²) < 4.78 is 13.2. The van der Waals surface area contributed by atoms with Crippen LogP contribution in [0, 0.1) is 5.82 Å². The summed E-state index contributed by atoms with van der Waals surface area (Å²) in [5, 5.41) is 9.05. The van der Waals surface area contributed by atoms with E-state index in [0.717, 1.165) is 17.0 Å². The molecule has 0 saturated heterocycles. The first-order valence-electron chi connectivity index (χ1n) is 3.87. The van der Waals surface area contributed by atoms with Crippen LogP contribution in [0.2, 0.25) is 0 Å². The third kappa shape index (κ3) is 0.921. The van der Waals surface area contributed by atoms with Gasteiger partial charge in [-0.2, -0.15) is 0 Å². The highest BCUT2D eigenvalue weighted by Gasteiger charge is 2.36. The Labute approximate surface area is 78.6 Å². The first-order valence-corrected chi connectivity index (χ1v) is 3.87. The number of hydrogen-bond acceptors (Lipinski definition) is 3. The number of rotatable bonds is 0. The molecule has 0 spiro atoms. The van der Waals surface area contributed by atoms with E-state index < -0.39 is 17.5 Å². The van der Waals surface area contributed by atoms with Crippen molar-refractivity contribution in [2.24, 2.45) is 0 Å². The number of halogens is 1. The highest BCUT2D eigenvalue weighted by molar-refractivity contribution is 6.52. The number of anilines is 1. The highest BCUT2D eigenvalue weighted by atomic mass is 19.1. The Morgan fingerprint density at radius 1 is 1.36 bits per heavy atom. The van der Waals surface area contributed by atoms with Crippen molar-refractivity contribution < 1.29 is 19.1 Å². The summed E-state index contributed by atoms with van der Waals surface area (Å²) in [5.41, 5.74) is -0.159. The van der Waals surface area contributed by atoms with Crippen molar-refractivity contribution in [3.63, 3.8) is 0 Å². The molecular formula is C9H6FNO3. The predicted octanol–water partition coefficient (Wildman–Crippen LogP) is 0.690. The quantitative estimate of drug-likeness (QED) is 0.619. The Hall–Kier alpha value is -1.91. The maximum Gasteiger partial charge on any atom is 0.299 e. The third-order valence-electron chi connectivity index (χ3n) is 2.13. The van der Waals surface area contributed by atoms with E-state index in [4.69, 9.17) is 5.11 Å². The molecule has 1 aliphatic heterocycles. The molecule has 1 amide bonds. The molecule has 0 aromatic heterocycles. The monoisotopic (exact) mass is 195 g/mol. The summed E-state index contributed by atoms with van der Waals surface area (Å²) in [6, 6.07) is 1.95. The van der Waals surface area contributed by atoms with Gasteiger partial charge in [0.25, 0.3) is 11.7 Å². The Morgan fingerprint density at radius 3 is 2.64 bits per heavy atom. The number of carbonyl (C=O) groups excluding carboxylic acids is 2. The van der Waals surface area contributed by atoms with Gasteiger partial charge < -0.3 is 10.0 Å². The molecule has 0 atom stereocenters. The smallest absolute Gasteiger partial charge is 0.299 e. The Balaban J connectivity index is 2.75. The number of likely N-dealkylation sites (N-methyl/N-ethyl adjacent to an activating group) is 1. The molecule has 5 heteroatoms. The van der Waals surface area contributed by atoms with E-state index in [2.05, 4.69) is 0 Å². The number of hydrogen-bond donors (Lipinski definition) is 1. The molecule has 0 unspecified atom stereocenters. The fraction of sp³-hybridized carbons (Fsp3) is 0.111. The second kappa shape index (κ2) is 2.54. The molecule has 2 rings (SSSR count). The first kappa shape index (κ1) is 8.68. The topological polar surface area (TPSA) is 57.6 Å². The van der Waals surface area contributed by atoms with Gasteiger partial charge in [-0.25, -0.2) is 4.39 Å². The van der Waals surface area contributed by atoms with Gasteiger partial charge in [-0.15, -0.1) is 0 Å². The van der Waals surface area contributed by atoms with Crippen molar-refractivity contribution in [2.75, 3.05) is 11.9 Å². The van der Waals surface area contributed by atoms with Gasteiger partial charge in [0.05, 0.1) is 11.3 Å². The van der Waals surface area contributed by atoms with E-state index >= 15 is 0 Å². The molecule has 72 valence electrons. The van der Waals surface area contributed by atoms with Gasteiger partial charge in [0.1, 0.15) is 5.75 Å². The largest absolute Gasteiger partial charge is 0.508 e. The zero-order chi connectivity index (χ0) is 10.5. The van der Waals surface area contributed by atoms with Gasteiger partial charge in [-0.05, 0) is 6.07 Å². The van der Waals surface area contributed by atoms with E-state index in [1.807, 2.05) is 0 Å². The summed E-state index contributed by atoms with van der Waals surface area (Å²) in [6.07, 6.45) is 0. The lowest BCUT2D eigenvalue weighted by atomic mass is 10.1. The summed E-state index contributed by atoms with van der Waals surface area (Å²) in [4.78, 5) is 23.3. The zero-order valence-corrected chi connectivity index (χ0v) is 7.24. The van der Waals surface area contributed by atoms with Crippen LogP contribution in [0.4, 0.5) is 10.1 Å². The number of amides is 1. The molecule has 4 nitrogen and oxygen atoms in total. The molecule has 0 saturated carbocycles. The van der Waals surface area contributed by atoms with Crippen LogP contribution < -0.4 is 4.90 Å². The lowest BCUT2D eigenvalue weighted by Crippen LogP contribution is -2.25. The lowest BCUT2D eigenvalue weighted by molar-refractivity contribution is -0.114. The number of aromatic hydroxyl groups is 1. The van der Waals surface area contributed by atoms with Gasteiger partial charge in [-0.3, -0.25) is 9.59 Å². The van der Waals surface area contributed by atoms with Crippen LogP contribution in [0.25, 0.3) is 0 Å². The zero-order valence-electron chi connectivity index (χ0n) is 7.24. The van der Waals surface area contributed by atoms with Crippen molar-refractivity contribution in [2.45, 2.75) is 0 Å². The number of phenols is 1. The summed E-state index contributed by atoms with van der Waals surface area (Å²) in [5.74, 6) is -2.72. The van der Waals surface area contributed by atoms with Crippen LogP contribution in [0.15, 0.2) is 12.1 Å². The average molecular weight is 195 g/mol. The molecule has 1 heterocycles. The van der Waals surface area contributed by atoms with Crippen LogP contribution in [0.1, 0.15) is 10.4 Å². The van der Waals surface area contributed by atoms with E-state index in [9.17, 15) is 14.0 Å². The van der Waals surface area contributed by atoms with E-state index in [0.29, 0.717) is 0 Å². The van der Waals surface area contributed by atoms with Crippen LogP contribution in [-0.4, -0.2) is 23.8 Å². The third-order valence-corrected chi connectivity index (χ3v) is 2.13. The minimum Gasteiger partial charge on any atom is -0.508 e.